The van der Waals surface area contributed by atoms with Crippen LogP contribution in [0, 0.1) is 5.92 Å². The van der Waals surface area contributed by atoms with Crippen molar-refractivity contribution in [3.05, 3.63) is 0 Å². The van der Waals surface area contributed by atoms with E-state index in [4.69, 9.17) is 15.2 Å². The second-order valence-electron chi connectivity index (χ2n) is 2.53. The molecular weight excluding hydrogens is 162 g/mol. The number of carbonyl (C=O) groups excluding carboxylic acids is 2. The maximum absolute atomic E-state index is 10.7. The molecule has 5 heteroatoms. The van der Waals surface area contributed by atoms with E-state index < -0.39 is 24.1 Å². The SMILES string of the molecule is CCO[C@@H]1OC(=O)C[C@@H]1C(N)=O. The normalized spacial score (nSPS) is 28.6. The lowest BCUT2D eigenvalue weighted by atomic mass is 10.1. The van der Waals surface area contributed by atoms with Gasteiger partial charge in [-0.05, 0) is 6.92 Å². The number of cyclic esters (lactones) is 1. The zero-order valence-electron chi connectivity index (χ0n) is 6.78. The lowest BCUT2D eigenvalue weighted by molar-refractivity contribution is -0.167. The van der Waals surface area contributed by atoms with Crippen molar-refractivity contribution in [3.63, 3.8) is 0 Å². The number of primary amides is 1. The average molecular weight is 173 g/mol. The quantitative estimate of drug-likeness (QED) is 0.578. The molecule has 1 aliphatic rings. The fourth-order valence-electron chi connectivity index (χ4n) is 1.08. The second kappa shape index (κ2) is 3.53. The summed E-state index contributed by atoms with van der Waals surface area (Å²) in [6, 6.07) is 0. The Balaban J connectivity index is 2.59. The molecule has 5 nitrogen and oxygen atoms in total. The molecule has 0 aromatic rings. The summed E-state index contributed by atoms with van der Waals surface area (Å²) in [6.07, 6.45) is -0.750. The molecule has 0 saturated carbocycles. The van der Waals surface area contributed by atoms with E-state index in [1.54, 1.807) is 6.92 Å². The molecule has 1 saturated heterocycles. The zero-order chi connectivity index (χ0) is 9.14. The lowest BCUT2D eigenvalue weighted by Gasteiger charge is -2.13. The third-order valence-electron chi connectivity index (χ3n) is 1.66. The van der Waals surface area contributed by atoms with Gasteiger partial charge in [-0.15, -0.1) is 0 Å². The van der Waals surface area contributed by atoms with E-state index >= 15 is 0 Å². The average Bonchev–Trinajstić information content (AvgIpc) is 2.32. The molecule has 1 aliphatic heterocycles. The van der Waals surface area contributed by atoms with Gasteiger partial charge in [0.05, 0.1) is 6.42 Å². The van der Waals surface area contributed by atoms with E-state index in [9.17, 15) is 9.59 Å². The van der Waals surface area contributed by atoms with Gasteiger partial charge in [0.2, 0.25) is 12.2 Å². The van der Waals surface area contributed by atoms with Gasteiger partial charge in [-0.2, -0.15) is 0 Å². The molecule has 1 heterocycles. The van der Waals surface area contributed by atoms with Crippen LogP contribution in [-0.4, -0.2) is 24.8 Å². The van der Waals surface area contributed by atoms with Crippen molar-refractivity contribution in [1.29, 1.82) is 0 Å². The molecule has 0 aliphatic carbocycles. The van der Waals surface area contributed by atoms with Gasteiger partial charge in [0.15, 0.2) is 0 Å². The summed E-state index contributed by atoms with van der Waals surface area (Å²) >= 11 is 0. The van der Waals surface area contributed by atoms with Gasteiger partial charge in [0.1, 0.15) is 5.92 Å². The molecule has 68 valence electrons. The number of rotatable bonds is 3. The first kappa shape index (κ1) is 8.99. The van der Waals surface area contributed by atoms with Gasteiger partial charge in [0, 0.05) is 6.61 Å². The summed E-state index contributed by atoms with van der Waals surface area (Å²) in [6.45, 7) is 2.14. The van der Waals surface area contributed by atoms with Gasteiger partial charge < -0.3 is 15.2 Å². The summed E-state index contributed by atoms with van der Waals surface area (Å²) < 4.78 is 9.72. The maximum atomic E-state index is 10.7. The highest BCUT2D eigenvalue weighted by molar-refractivity contribution is 5.85. The summed E-state index contributed by atoms with van der Waals surface area (Å²) in [5.41, 5.74) is 5.03. The Labute approximate surface area is 69.8 Å². The highest BCUT2D eigenvalue weighted by atomic mass is 16.7. The number of esters is 1. The van der Waals surface area contributed by atoms with Gasteiger partial charge >= 0.3 is 5.97 Å². The first-order chi connectivity index (χ1) is 5.65. The summed E-state index contributed by atoms with van der Waals surface area (Å²) in [7, 11) is 0. The van der Waals surface area contributed by atoms with Crippen LogP contribution >= 0.6 is 0 Å². The molecule has 0 unspecified atom stereocenters. The predicted molar refractivity (Wildman–Crippen MR) is 38.8 cm³/mol. The number of hydrogen-bond acceptors (Lipinski definition) is 4. The predicted octanol–water partition coefficient (Wildman–Crippen LogP) is -0.603. The minimum absolute atomic E-state index is 0.0278. The van der Waals surface area contributed by atoms with E-state index in [2.05, 4.69) is 0 Å². The number of ether oxygens (including phenoxy) is 2. The van der Waals surface area contributed by atoms with Crippen molar-refractivity contribution in [2.45, 2.75) is 19.6 Å². The van der Waals surface area contributed by atoms with Crippen LogP contribution < -0.4 is 5.73 Å². The molecule has 0 bridgehead atoms. The van der Waals surface area contributed by atoms with E-state index in [1.165, 1.54) is 0 Å². The van der Waals surface area contributed by atoms with Crippen molar-refractivity contribution in [1.82, 2.24) is 0 Å². The van der Waals surface area contributed by atoms with Crippen LogP contribution in [0.5, 0.6) is 0 Å². The standard InChI is InChI=1S/C7H11NO4/c1-2-11-7-4(6(8)10)3-5(9)12-7/h4,7H,2-3H2,1H3,(H2,8,10)/t4-,7-/m1/s1. The van der Waals surface area contributed by atoms with Crippen LogP contribution in [0.4, 0.5) is 0 Å². The first-order valence-corrected chi connectivity index (χ1v) is 3.75. The zero-order valence-corrected chi connectivity index (χ0v) is 6.78. The number of nitrogens with two attached hydrogens (primary N) is 1. The van der Waals surface area contributed by atoms with Crippen molar-refractivity contribution in [2.75, 3.05) is 6.61 Å². The highest BCUT2D eigenvalue weighted by Crippen LogP contribution is 2.22. The Morgan fingerprint density at radius 1 is 1.83 bits per heavy atom. The molecule has 0 aromatic carbocycles. The van der Waals surface area contributed by atoms with Crippen molar-refractivity contribution >= 4 is 11.9 Å². The summed E-state index contributed by atoms with van der Waals surface area (Å²) in [5, 5.41) is 0. The van der Waals surface area contributed by atoms with Crippen molar-refractivity contribution in [2.24, 2.45) is 11.7 Å². The van der Waals surface area contributed by atoms with Gasteiger partial charge in [0.25, 0.3) is 0 Å². The van der Waals surface area contributed by atoms with Crippen LogP contribution in [0.3, 0.4) is 0 Å². The molecule has 12 heavy (non-hydrogen) atoms. The smallest absolute Gasteiger partial charge is 0.309 e. The van der Waals surface area contributed by atoms with Gasteiger partial charge in [-0.1, -0.05) is 0 Å². The minimum Gasteiger partial charge on any atom is -0.435 e. The maximum Gasteiger partial charge on any atom is 0.309 e. The molecule has 0 radical (unpaired) electrons. The third kappa shape index (κ3) is 1.73. The number of amides is 1. The van der Waals surface area contributed by atoms with E-state index in [0.717, 1.165) is 0 Å². The Kier molecular flexibility index (Phi) is 2.65. The van der Waals surface area contributed by atoms with Crippen LogP contribution in [0.15, 0.2) is 0 Å². The van der Waals surface area contributed by atoms with Crippen molar-refractivity contribution in [3.8, 4) is 0 Å². The molecular formula is C7H11NO4. The largest absolute Gasteiger partial charge is 0.435 e. The molecule has 1 rings (SSSR count). The Bertz CT molecular complexity index is 204. The molecule has 1 amide bonds. The van der Waals surface area contributed by atoms with E-state index in [0.29, 0.717) is 6.61 Å². The molecule has 2 N–H and O–H groups in total. The Hall–Kier alpha value is -1.10. The highest BCUT2D eigenvalue weighted by Gasteiger charge is 2.39. The molecule has 2 atom stereocenters. The first-order valence-electron chi connectivity index (χ1n) is 3.75. The Morgan fingerprint density at radius 3 is 3.00 bits per heavy atom. The lowest BCUT2D eigenvalue weighted by Crippen LogP contribution is -2.31. The summed E-state index contributed by atoms with van der Waals surface area (Å²) in [4.78, 5) is 21.5. The Morgan fingerprint density at radius 2 is 2.50 bits per heavy atom. The third-order valence-corrected chi connectivity index (χ3v) is 1.66. The summed E-state index contributed by atoms with van der Waals surface area (Å²) in [5.74, 6) is -1.62. The van der Waals surface area contributed by atoms with Crippen LogP contribution in [0.2, 0.25) is 0 Å². The second-order valence-corrected chi connectivity index (χ2v) is 2.53. The van der Waals surface area contributed by atoms with Gasteiger partial charge in [-0.25, -0.2) is 0 Å². The molecule has 1 fully saturated rings. The van der Waals surface area contributed by atoms with Crippen molar-refractivity contribution < 1.29 is 19.1 Å². The monoisotopic (exact) mass is 173 g/mol. The van der Waals surface area contributed by atoms with E-state index in [1.807, 2.05) is 0 Å². The molecule has 0 aromatic heterocycles. The van der Waals surface area contributed by atoms with Crippen LogP contribution in [0.25, 0.3) is 0 Å². The van der Waals surface area contributed by atoms with Crippen LogP contribution in [-0.2, 0) is 19.1 Å². The van der Waals surface area contributed by atoms with E-state index in [-0.39, 0.29) is 6.42 Å². The minimum atomic E-state index is -0.778. The number of hydrogen-bond donors (Lipinski definition) is 1. The number of carbonyl (C=O) groups is 2. The van der Waals surface area contributed by atoms with Gasteiger partial charge in [-0.3, -0.25) is 9.59 Å². The van der Waals surface area contributed by atoms with Crippen LogP contribution in [0.1, 0.15) is 13.3 Å². The molecule has 0 spiro atoms. The fraction of sp³-hybridized carbons (Fsp3) is 0.714. The fourth-order valence-corrected chi connectivity index (χ4v) is 1.08. The topological polar surface area (TPSA) is 78.6 Å².